The Morgan fingerprint density at radius 3 is 2.50 bits per heavy atom. The number of alkyl halides is 2. The van der Waals surface area contributed by atoms with E-state index >= 15 is 0 Å². The number of sulfone groups is 1. The van der Waals surface area contributed by atoms with Gasteiger partial charge in [0.15, 0.2) is 0 Å². The van der Waals surface area contributed by atoms with E-state index in [0.29, 0.717) is 13.0 Å². The summed E-state index contributed by atoms with van der Waals surface area (Å²) in [5.41, 5.74) is 1.23. The average molecular weight is 411 g/mol. The van der Waals surface area contributed by atoms with Crippen molar-refractivity contribution < 1.29 is 26.7 Å². The molecule has 2 heterocycles. The fourth-order valence-corrected chi connectivity index (χ4v) is 3.98. The molecule has 0 radical (unpaired) electrons. The number of likely N-dealkylation sites (tertiary alicyclic amines) is 1. The number of benzene rings is 1. The fraction of sp³-hybridized carbons (Fsp3) is 0.389. The van der Waals surface area contributed by atoms with Crippen LogP contribution in [0.5, 0.6) is 6.01 Å². The summed E-state index contributed by atoms with van der Waals surface area (Å²) in [7, 11) is -4.89. The average Bonchev–Trinajstić information content (AvgIpc) is 3.08. The van der Waals surface area contributed by atoms with E-state index in [-0.39, 0.29) is 24.2 Å². The Morgan fingerprint density at radius 2 is 1.86 bits per heavy atom. The van der Waals surface area contributed by atoms with Crippen molar-refractivity contribution in [2.45, 2.75) is 37.0 Å². The third-order valence-corrected chi connectivity index (χ3v) is 5.76. The third kappa shape index (κ3) is 4.11. The van der Waals surface area contributed by atoms with Crippen LogP contribution in [0.2, 0.25) is 0 Å². The minimum Gasteiger partial charge on any atom is -0.458 e. The van der Waals surface area contributed by atoms with Crippen LogP contribution in [0.1, 0.15) is 28.2 Å². The second-order valence-corrected chi connectivity index (χ2v) is 8.40. The van der Waals surface area contributed by atoms with Crippen molar-refractivity contribution in [2.75, 3.05) is 13.1 Å². The molecule has 1 saturated heterocycles. The smallest absolute Gasteiger partial charge is 0.341 e. The Kier molecular flexibility index (Phi) is 5.59. The van der Waals surface area contributed by atoms with Gasteiger partial charge in [-0.25, -0.2) is 18.4 Å². The molecule has 1 unspecified atom stereocenters. The summed E-state index contributed by atoms with van der Waals surface area (Å²) in [5, 5.41) is 0. The summed E-state index contributed by atoms with van der Waals surface area (Å²) >= 11 is 0. The normalized spacial score (nSPS) is 17.2. The van der Waals surface area contributed by atoms with Crippen LogP contribution in [-0.4, -0.2) is 54.1 Å². The third-order valence-electron chi connectivity index (χ3n) is 4.32. The molecule has 0 bridgehead atoms. The molecule has 0 aliphatic carbocycles. The van der Waals surface area contributed by atoms with Gasteiger partial charge in [0.25, 0.3) is 5.91 Å². The number of hydrogen-bond donors (Lipinski definition) is 0. The zero-order valence-corrected chi connectivity index (χ0v) is 16.1. The van der Waals surface area contributed by atoms with E-state index < -0.39 is 26.4 Å². The topological polar surface area (TPSA) is 89.5 Å². The molecular weight excluding hydrogens is 392 g/mol. The Labute approximate surface area is 161 Å². The van der Waals surface area contributed by atoms with Gasteiger partial charge in [-0.3, -0.25) is 4.79 Å². The number of carbonyl (C=O) groups is 1. The summed E-state index contributed by atoms with van der Waals surface area (Å²) in [5.74, 6) is -4.23. The number of halogens is 2. The van der Waals surface area contributed by atoms with Crippen molar-refractivity contribution in [3.63, 3.8) is 0 Å². The zero-order valence-electron chi connectivity index (χ0n) is 15.3. The molecule has 1 aromatic heterocycles. The molecule has 28 heavy (non-hydrogen) atoms. The van der Waals surface area contributed by atoms with Crippen molar-refractivity contribution >= 4 is 15.7 Å². The minimum atomic E-state index is -4.89. The van der Waals surface area contributed by atoms with Crippen molar-refractivity contribution in [2.24, 2.45) is 0 Å². The molecule has 150 valence electrons. The van der Waals surface area contributed by atoms with E-state index in [9.17, 15) is 22.0 Å². The number of hydrogen-bond acceptors (Lipinski definition) is 6. The van der Waals surface area contributed by atoms with Gasteiger partial charge in [-0.1, -0.05) is 12.1 Å². The Hall–Kier alpha value is -2.62. The van der Waals surface area contributed by atoms with E-state index in [1.54, 1.807) is 6.07 Å². The predicted molar refractivity (Wildman–Crippen MR) is 96.1 cm³/mol. The number of aryl methyl sites for hydroxylation is 2. The summed E-state index contributed by atoms with van der Waals surface area (Å²) in [4.78, 5) is 21.9. The number of amides is 1. The van der Waals surface area contributed by atoms with Crippen LogP contribution < -0.4 is 4.74 Å². The van der Waals surface area contributed by atoms with E-state index in [4.69, 9.17) is 4.74 Å². The first-order valence-corrected chi connectivity index (χ1v) is 10.1. The van der Waals surface area contributed by atoms with Crippen molar-refractivity contribution in [1.82, 2.24) is 14.9 Å². The van der Waals surface area contributed by atoms with Crippen LogP contribution >= 0.6 is 0 Å². The van der Waals surface area contributed by atoms with E-state index in [1.807, 2.05) is 13.8 Å². The molecule has 1 aliphatic rings. The molecule has 1 aromatic carbocycles. The maximum absolute atomic E-state index is 12.9. The van der Waals surface area contributed by atoms with Gasteiger partial charge < -0.3 is 9.64 Å². The maximum Gasteiger partial charge on any atom is 0.341 e. The Morgan fingerprint density at radius 1 is 1.21 bits per heavy atom. The van der Waals surface area contributed by atoms with Gasteiger partial charge in [0.05, 0.1) is 17.0 Å². The van der Waals surface area contributed by atoms with Gasteiger partial charge >= 0.3 is 11.8 Å². The molecule has 0 saturated carbocycles. The molecular formula is C18H19F2N3O4S. The molecule has 1 amide bonds. The van der Waals surface area contributed by atoms with Gasteiger partial charge in [-0.15, -0.1) is 0 Å². The monoisotopic (exact) mass is 411 g/mol. The summed E-state index contributed by atoms with van der Waals surface area (Å²) in [6, 6.07) is 7.00. The first-order valence-electron chi connectivity index (χ1n) is 8.58. The first kappa shape index (κ1) is 20.1. The largest absolute Gasteiger partial charge is 0.458 e. The van der Waals surface area contributed by atoms with Gasteiger partial charge in [-0.05, 0) is 32.0 Å². The standard InChI is InChI=1S/C18H19F2N3O4S/c1-11-9-12(2)22-18(21-11)27-13-7-8-23(10-13)16(24)14-5-3-4-6-15(14)28(25,26)17(19)20/h3-6,9,13,17H,7-8,10H2,1-2H3. The number of rotatable bonds is 5. The lowest BCUT2D eigenvalue weighted by Crippen LogP contribution is -2.32. The lowest BCUT2D eigenvalue weighted by Gasteiger charge is -2.18. The molecule has 1 fully saturated rings. The Bertz CT molecular complexity index is 978. The first-order chi connectivity index (χ1) is 13.2. The number of nitrogens with zero attached hydrogens (tertiary/aromatic N) is 3. The van der Waals surface area contributed by atoms with E-state index in [1.165, 1.54) is 23.1 Å². The fourth-order valence-electron chi connectivity index (χ4n) is 3.06. The molecule has 7 nitrogen and oxygen atoms in total. The minimum absolute atomic E-state index is 0.179. The highest BCUT2D eigenvalue weighted by Crippen LogP contribution is 2.25. The molecule has 2 aromatic rings. The van der Waals surface area contributed by atoms with Gasteiger partial charge in [0.1, 0.15) is 6.10 Å². The molecule has 0 spiro atoms. The van der Waals surface area contributed by atoms with Gasteiger partial charge in [0.2, 0.25) is 9.84 Å². The molecule has 10 heteroatoms. The lowest BCUT2D eigenvalue weighted by atomic mass is 10.2. The van der Waals surface area contributed by atoms with Crippen LogP contribution in [0.25, 0.3) is 0 Å². The predicted octanol–water partition coefficient (Wildman–Crippen LogP) is 2.38. The number of carbonyl (C=O) groups excluding carboxylic acids is 1. The second-order valence-electron chi connectivity index (χ2n) is 6.51. The van der Waals surface area contributed by atoms with Crippen molar-refractivity contribution in [3.05, 3.63) is 47.3 Å². The van der Waals surface area contributed by atoms with Crippen molar-refractivity contribution in [1.29, 1.82) is 0 Å². The summed E-state index contributed by atoms with van der Waals surface area (Å²) in [6.45, 7) is 4.11. The molecule has 0 N–H and O–H groups in total. The highest BCUT2D eigenvalue weighted by Gasteiger charge is 2.34. The SMILES string of the molecule is Cc1cc(C)nc(OC2CCN(C(=O)c3ccccc3S(=O)(=O)C(F)F)C2)n1. The highest BCUT2D eigenvalue weighted by atomic mass is 32.2. The van der Waals surface area contributed by atoms with Gasteiger partial charge in [-0.2, -0.15) is 8.78 Å². The van der Waals surface area contributed by atoms with E-state index in [2.05, 4.69) is 9.97 Å². The Balaban J connectivity index is 1.77. The quantitative estimate of drug-likeness (QED) is 0.751. The molecule has 1 aliphatic heterocycles. The van der Waals surface area contributed by atoms with Crippen LogP contribution in [0.15, 0.2) is 35.2 Å². The van der Waals surface area contributed by atoms with Crippen LogP contribution in [0, 0.1) is 13.8 Å². The second kappa shape index (κ2) is 7.78. The molecule has 1 atom stereocenters. The summed E-state index contributed by atoms with van der Waals surface area (Å²) in [6.07, 6.45) is 0.121. The summed E-state index contributed by atoms with van der Waals surface area (Å²) < 4.78 is 55.4. The van der Waals surface area contributed by atoms with E-state index in [0.717, 1.165) is 17.5 Å². The van der Waals surface area contributed by atoms with Crippen LogP contribution in [0.4, 0.5) is 8.78 Å². The highest BCUT2D eigenvalue weighted by molar-refractivity contribution is 7.91. The lowest BCUT2D eigenvalue weighted by molar-refractivity contribution is 0.0765. The zero-order chi connectivity index (χ0) is 20.5. The van der Waals surface area contributed by atoms with Crippen LogP contribution in [0.3, 0.4) is 0 Å². The number of ether oxygens (including phenoxy) is 1. The maximum atomic E-state index is 12.9. The van der Waals surface area contributed by atoms with Gasteiger partial charge in [0, 0.05) is 24.4 Å². The van der Waals surface area contributed by atoms with Crippen LogP contribution in [-0.2, 0) is 9.84 Å². The molecule has 3 rings (SSSR count). The number of aromatic nitrogens is 2. The van der Waals surface area contributed by atoms with Crippen molar-refractivity contribution in [3.8, 4) is 6.01 Å².